The number of fused-ring (bicyclic) bond motifs is 1. The van der Waals surface area contributed by atoms with Crippen LogP contribution in [0.25, 0.3) is 22.4 Å². The quantitative estimate of drug-likeness (QED) is 0.519. The van der Waals surface area contributed by atoms with Crippen LogP contribution in [0.3, 0.4) is 0 Å². The minimum atomic E-state index is 0.326. The molecule has 1 aliphatic carbocycles. The van der Waals surface area contributed by atoms with E-state index in [1.807, 2.05) is 12.1 Å². The number of anilines is 1. The Kier molecular flexibility index (Phi) is 4.62. The maximum atomic E-state index is 5.65. The maximum absolute atomic E-state index is 5.65. The molecule has 4 nitrogen and oxygen atoms in total. The van der Waals surface area contributed by atoms with E-state index >= 15 is 0 Å². The Morgan fingerprint density at radius 3 is 2.24 bits per heavy atom. The molecule has 0 radical (unpaired) electrons. The third kappa shape index (κ3) is 3.80. The summed E-state index contributed by atoms with van der Waals surface area (Å²) in [5.41, 5.74) is 14.0. The van der Waals surface area contributed by atoms with Gasteiger partial charge in [-0.3, -0.25) is 0 Å². The topological polar surface area (TPSA) is 64.1 Å². The van der Waals surface area contributed by atoms with E-state index in [2.05, 4.69) is 71.1 Å². The van der Waals surface area contributed by atoms with Gasteiger partial charge in [0, 0.05) is 24.2 Å². The smallest absolute Gasteiger partial charge is 0.222 e. The molecule has 0 bridgehead atoms. The molecule has 0 atom stereocenters. The van der Waals surface area contributed by atoms with E-state index in [0.29, 0.717) is 11.9 Å². The molecule has 4 heteroatoms. The third-order valence-corrected chi connectivity index (χ3v) is 5.62. The Balaban J connectivity index is 1.25. The van der Waals surface area contributed by atoms with Gasteiger partial charge in [0.2, 0.25) is 5.88 Å². The second-order valence-corrected chi connectivity index (χ2v) is 7.65. The minimum absolute atomic E-state index is 0.326. The molecule has 3 aromatic carbocycles. The van der Waals surface area contributed by atoms with E-state index < -0.39 is 0 Å². The standard InChI is InChI=1S/C25H23N3O/c26-25-15-24(28-29-25)22-7-3-6-19(12-22)18-10-8-17(9-11-18)16-27-23-13-20-4-1-2-5-21(20)14-23/h1-12,15,23,27H,13-14,16,26H2. The van der Waals surface area contributed by atoms with E-state index in [-0.39, 0.29) is 0 Å². The molecular formula is C25H23N3O. The van der Waals surface area contributed by atoms with Gasteiger partial charge < -0.3 is 15.6 Å². The van der Waals surface area contributed by atoms with Gasteiger partial charge in [-0.25, -0.2) is 0 Å². The summed E-state index contributed by atoms with van der Waals surface area (Å²) in [6, 6.07) is 28.0. The lowest BCUT2D eigenvalue weighted by Gasteiger charge is -2.12. The predicted molar refractivity (Wildman–Crippen MR) is 116 cm³/mol. The largest absolute Gasteiger partial charge is 0.368 e. The molecule has 0 saturated heterocycles. The van der Waals surface area contributed by atoms with Gasteiger partial charge in [0.05, 0.1) is 0 Å². The lowest BCUT2D eigenvalue weighted by molar-refractivity contribution is 0.439. The SMILES string of the molecule is Nc1cc(-c2cccc(-c3ccc(CNC4Cc5ccccc5C4)cc3)c2)no1. The number of rotatable bonds is 5. The highest BCUT2D eigenvalue weighted by Gasteiger charge is 2.20. The molecule has 0 aliphatic heterocycles. The van der Waals surface area contributed by atoms with Crippen molar-refractivity contribution in [2.45, 2.75) is 25.4 Å². The fourth-order valence-corrected chi connectivity index (χ4v) is 4.06. The Hall–Kier alpha value is -3.37. The summed E-state index contributed by atoms with van der Waals surface area (Å²) in [4.78, 5) is 0. The van der Waals surface area contributed by atoms with Crippen LogP contribution in [0.5, 0.6) is 0 Å². The number of benzene rings is 3. The molecule has 144 valence electrons. The van der Waals surface area contributed by atoms with Crippen molar-refractivity contribution >= 4 is 5.88 Å². The fourth-order valence-electron chi connectivity index (χ4n) is 4.06. The molecule has 1 aliphatic rings. The van der Waals surface area contributed by atoms with E-state index in [4.69, 9.17) is 10.3 Å². The average molecular weight is 381 g/mol. The van der Waals surface area contributed by atoms with Crippen molar-refractivity contribution in [3.05, 3.63) is 95.6 Å². The first-order chi connectivity index (χ1) is 14.2. The zero-order valence-corrected chi connectivity index (χ0v) is 16.1. The molecule has 0 amide bonds. The molecule has 0 saturated carbocycles. The van der Waals surface area contributed by atoms with Crippen molar-refractivity contribution in [2.24, 2.45) is 0 Å². The molecule has 1 aromatic heterocycles. The molecule has 5 rings (SSSR count). The Bertz CT molecular complexity index is 1110. The zero-order chi connectivity index (χ0) is 19.6. The third-order valence-electron chi connectivity index (χ3n) is 5.62. The van der Waals surface area contributed by atoms with Crippen molar-refractivity contribution < 1.29 is 4.52 Å². The lowest BCUT2D eigenvalue weighted by Crippen LogP contribution is -2.28. The number of hydrogen-bond acceptors (Lipinski definition) is 4. The molecule has 4 aromatic rings. The highest BCUT2D eigenvalue weighted by atomic mass is 16.5. The number of nitrogens with two attached hydrogens (primary N) is 1. The summed E-state index contributed by atoms with van der Waals surface area (Å²) in [7, 11) is 0. The minimum Gasteiger partial charge on any atom is -0.368 e. The van der Waals surface area contributed by atoms with Crippen molar-refractivity contribution in [1.82, 2.24) is 10.5 Å². The van der Waals surface area contributed by atoms with Crippen LogP contribution >= 0.6 is 0 Å². The van der Waals surface area contributed by atoms with E-state index in [9.17, 15) is 0 Å². The summed E-state index contributed by atoms with van der Waals surface area (Å²) >= 11 is 0. The van der Waals surface area contributed by atoms with Gasteiger partial charge in [-0.15, -0.1) is 0 Å². The molecule has 0 fully saturated rings. The first kappa shape index (κ1) is 17.7. The molecule has 0 spiro atoms. The monoisotopic (exact) mass is 381 g/mol. The van der Waals surface area contributed by atoms with Crippen LogP contribution in [0.4, 0.5) is 5.88 Å². The summed E-state index contributed by atoms with van der Waals surface area (Å²) in [5.74, 6) is 0.326. The number of hydrogen-bond donors (Lipinski definition) is 2. The van der Waals surface area contributed by atoms with Crippen LogP contribution in [-0.2, 0) is 19.4 Å². The average Bonchev–Trinajstić information content (AvgIpc) is 3.38. The second-order valence-electron chi connectivity index (χ2n) is 7.65. The number of aromatic nitrogens is 1. The number of nitrogen functional groups attached to an aromatic ring is 1. The fraction of sp³-hybridized carbons (Fsp3) is 0.160. The second kappa shape index (κ2) is 7.57. The lowest BCUT2D eigenvalue weighted by atomic mass is 10.0. The van der Waals surface area contributed by atoms with Crippen molar-refractivity contribution in [2.75, 3.05) is 5.73 Å². The number of nitrogens with one attached hydrogen (secondary N) is 1. The summed E-state index contributed by atoms with van der Waals surface area (Å²) in [5, 5.41) is 7.71. The summed E-state index contributed by atoms with van der Waals surface area (Å²) in [6.07, 6.45) is 2.24. The molecular weight excluding hydrogens is 358 g/mol. The molecule has 1 heterocycles. The van der Waals surface area contributed by atoms with E-state index in [1.54, 1.807) is 6.07 Å². The van der Waals surface area contributed by atoms with Crippen LogP contribution in [0.1, 0.15) is 16.7 Å². The first-order valence-corrected chi connectivity index (χ1v) is 9.97. The van der Waals surface area contributed by atoms with Gasteiger partial charge in [0.25, 0.3) is 0 Å². The van der Waals surface area contributed by atoms with Crippen molar-refractivity contribution in [3.8, 4) is 22.4 Å². The van der Waals surface area contributed by atoms with Gasteiger partial charge >= 0.3 is 0 Å². The molecule has 0 unspecified atom stereocenters. The molecule has 29 heavy (non-hydrogen) atoms. The highest BCUT2D eigenvalue weighted by Crippen LogP contribution is 2.27. The van der Waals surface area contributed by atoms with Gasteiger partial charge in [-0.1, -0.05) is 71.9 Å². The summed E-state index contributed by atoms with van der Waals surface area (Å²) in [6.45, 7) is 0.886. The van der Waals surface area contributed by atoms with Crippen molar-refractivity contribution in [1.29, 1.82) is 0 Å². The van der Waals surface area contributed by atoms with Gasteiger partial charge in [0.1, 0.15) is 5.69 Å². The van der Waals surface area contributed by atoms with Crippen LogP contribution in [0.15, 0.2) is 83.4 Å². The normalized spacial score (nSPS) is 13.5. The Morgan fingerprint density at radius 2 is 1.55 bits per heavy atom. The first-order valence-electron chi connectivity index (χ1n) is 9.97. The van der Waals surface area contributed by atoms with E-state index in [0.717, 1.165) is 36.2 Å². The van der Waals surface area contributed by atoms with Crippen LogP contribution in [-0.4, -0.2) is 11.2 Å². The van der Waals surface area contributed by atoms with Crippen molar-refractivity contribution in [3.63, 3.8) is 0 Å². The Labute approximate surface area is 170 Å². The van der Waals surface area contributed by atoms with Gasteiger partial charge in [-0.2, -0.15) is 0 Å². The molecule has 3 N–H and O–H groups in total. The van der Waals surface area contributed by atoms with Crippen LogP contribution in [0, 0.1) is 0 Å². The van der Waals surface area contributed by atoms with Gasteiger partial charge in [0.15, 0.2) is 0 Å². The predicted octanol–water partition coefficient (Wildman–Crippen LogP) is 4.85. The zero-order valence-electron chi connectivity index (χ0n) is 16.1. The summed E-state index contributed by atoms with van der Waals surface area (Å²) < 4.78 is 4.99. The maximum Gasteiger partial charge on any atom is 0.222 e. The highest BCUT2D eigenvalue weighted by molar-refractivity contribution is 5.72. The Morgan fingerprint density at radius 1 is 0.828 bits per heavy atom. The van der Waals surface area contributed by atoms with Crippen LogP contribution in [0.2, 0.25) is 0 Å². The van der Waals surface area contributed by atoms with Gasteiger partial charge in [-0.05, 0) is 46.7 Å². The number of nitrogens with zero attached hydrogens (tertiary/aromatic N) is 1. The van der Waals surface area contributed by atoms with Crippen LogP contribution < -0.4 is 11.1 Å². The van der Waals surface area contributed by atoms with E-state index in [1.165, 1.54) is 22.3 Å².